The Morgan fingerprint density at radius 1 is 1.62 bits per heavy atom. The normalized spacial score (nSPS) is 8.25. The Balaban J connectivity index is 0.000000385. The highest BCUT2D eigenvalue weighted by atomic mass is 16.4. The van der Waals surface area contributed by atoms with Crippen molar-refractivity contribution in [3.05, 3.63) is 35.4 Å². The van der Waals surface area contributed by atoms with Crippen molar-refractivity contribution in [1.82, 2.24) is 9.97 Å². The lowest BCUT2D eigenvalue weighted by atomic mass is 10.6. The first-order valence-corrected chi connectivity index (χ1v) is 3.93. The molecular formula is C8H10N4O4. The van der Waals surface area contributed by atoms with Crippen molar-refractivity contribution in [2.75, 3.05) is 5.32 Å². The highest BCUT2D eigenvalue weighted by molar-refractivity contribution is 5.86. The number of H-pyrrole nitrogens is 1. The molecule has 0 saturated carbocycles. The third kappa shape index (κ3) is 6.83. The van der Waals surface area contributed by atoms with Crippen LogP contribution >= 0.6 is 0 Å². The summed E-state index contributed by atoms with van der Waals surface area (Å²) in [6.07, 6.45) is 2.10. The predicted octanol–water partition coefficient (Wildman–Crippen LogP) is -0.482. The number of carbonyl (C=O) groups excluding carboxylic acids is 1. The molecule has 16 heavy (non-hydrogen) atoms. The molecule has 86 valence electrons. The molecule has 0 bridgehead atoms. The molecule has 0 spiro atoms. The molecule has 1 heterocycles. The number of hydrogen-bond donors (Lipinski definition) is 4. The van der Waals surface area contributed by atoms with Crippen LogP contribution in [0.25, 0.3) is 0 Å². The molecular weight excluding hydrogens is 216 g/mol. The Labute approximate surface area is 89.8 Å². The molecule has 0 aliphatic carbocycles. The van der Waals surface area contributed by atoms with Crippen LogP contribution in [0.4, 0.5) is 10.6 Å². The zero-order valence-corrected chi connectivity index (χ0v) is 8.14. The molecule has 0 atom stereocenters. The summed E-state index contributed by atoms with van der Waals surface area (Å²) in [5.74, 6) is -0.748. The van der Waals surface area contributed by atoms with E-state index in [0.717, 1.165) is 6.08 Å². The van der Waals surface area contributed by atoms with E-state index in [1.165, 1.54) is 12.3 Å². The summed E-state index contributed by atoms with van der Waals surface area (Å²) < 4.78 is 0. The number of nitrogens with one attached hydrogen (secondary N) is 2. The molecule has 1 rings (SSSR count). The Bertz CT molecular complexity index is 440. The number of nitrogens with two attached hydrogens (primary N) is 1. The highest BCUT2D eigenvalue weighted by Gasteiger charge is 1.94. The standard InChI is InChI=1S/C5H6N4O2.C3H4O2/c6-4(10)8-3-1-2-7-5(11)9-3;1-2-3(4)5/h1-2H,(H4,6,7,8,9,10,11);2H,1H2,(H,4,5). The number of nitrogens with zero attached hydrogens (tertiary/aromatic N) is 1. The van der Waals surface area contributed by atoms with E-state index < -0.39 is 17.7 Å². The molecule has 0 radical (unpaired) electrons. The van der Waals surface area contributed by atoms with Crippen LogP contribution in [0.2, 0.25) is 0 Å². The fourth-order valence-corrected chi connectivity index (χ4v) is 0.574. The van der Waals surface area contributed by atoms with E-state index in [4.69, 9.17) is 10.8 Å². The van der Waals surface area contributed by atoms with Crippen LogP contribution in [0.3, 0.4) is 0 Å². The molecule has 0 saturated heterocycles. The average Bonchev–Trinajstić information content (AvgIpc) is 2.17. The zero-order valence-electron chi connectivity index (χ0n) is 8.14. The Morgan fingerprint density at radius 2 is 2.19 bits per heavy atom. The molecule has 0 aliphatic heterocycles. The minimum atomic E-state index is -0.981. The van der Waals surface area contributed by atoms with Crippen LogP contribution in [0.15, 0.2) is 29.7 Å². The molecule has 0 unspecified atom stereocenters. The number of carboxylic acids is 1. The number of hydrogen-bond acceptors (Lipinski definition) is 4. The van der Waals surface area contributed by atoms with Crippen molar-refractivity contribution in [1.29, 1.82) is 0 Å². The average molecular weight is 226 g/mol. The van der Waals surface area contributed by atoms with Crippen LogP contribution in [-0.4, -0.2) is 27.1 Å². The number of anilines is 1. The highest BCUT2D eigenvalue weighted by Crippen LogP contribution is 1.93. The fraction of sp³-hybridized carbons (Fsp3) is 0. The number of amides is 2. The van der Waals surface area contributed by atoms with Crippen molar-refractivity contribution in [2.24, 2.45) is 5.73 Å². The van der Waals surface area contributed by atoms with Gasteiger partial charge in [-0.05, 0) is 6.07 Å². The second-order valence-corrected chi connectivity index (χ2v) is 2.32. The SMILES string of the molecule is C=CC(=O)O.NC(=O)Nc1ccnc(=O)[nH]1. The molecule has 0 fully saturated rings. The van der Waals surface area contributed by atoms with Crippen LogP contribution in [0, 0.1) is 0 Å². The number of aliphatic carboxylic acids is 1. The van der Waals surface area contributed by atoms with Crippen LogP contribution in [-0.2, 0) is 4.79 Å². The number of primary amides is 1. The van der Waals surface area contributed by atoms with Gasteiger partial charge in [0.05, 0.1) is 0 Å². The van der Waals surface area contributed by atoms with E-state index in [-0.39, 0.29) is 5.82 Å². The minimum Gasteiger partial charge on any atom is -0.478 e. The van der Waals surface area contributed by atoms with Crippen molar-refractivity contribution in [3.8, 4) is 0 Å². The van der Waals surface area contributed by atoms with Crippen molar-refractivity contribution in [2.45, 2.75) is 0 Å². The van der Waals surface area contributed by atoms with E-state index in [9.17, 15) is 14.4 Å². The molecule has 8 heteroatoms. The first-order valence-electron chi connectivity index (χ1n) is 3.93. The molecule has 1 aromatic rings. The molecule has 5 N–H and O–H groups in total. The van der Waals surface area contributed by atoms with Gasteiger partial charge in [-0.1, -0.05) is 6.58 Å². The molecule has 0 aromatic carbocycles. The topological polar surface area (TPSA) is 138 Å². The van der Waals surface area contributed by atoms with Crippen molar-refractivity contribution in [3.63, 3.8) is 0 Å². The van der Waals surface area contributed by atoms with Crippen LogP contribution in [0.5, 0.6) is 0 Å². The van der Waals surface area contributed by atoms with Gasteiger partial charge in [0.1, 0.15) is 5.82 Å². The van der Waals surface area contributed by atoms with E-state index in [0.29, 0.717) is 0 Å². The van der Waals surface area contributed by atoms with Crippen molar-refractivity contribution < 1.29 is 14.7 Å². The number of aromatic amines is 1. The van der Waals surface area contributed by atoms with Crippen LogP contribution < -0.4 is 16.7 Å². The number of rotatable bonds is 2. The van der Waals surface area contributed by atoms with Gasteiger partial charge >= 0.3 is 17.7 Å². The van der Waals surface area contributed by atoms with E-state index in [1.807, 2.05) is 0 Å². The Morgan fingerprint density at radius 3 is 2.56 bits per heavy atom. The maximum absolute atomic E-state index is 10.5. The third-order valence-corrected chi connectivity index (χ3v) is 1.11. The maximum atomic E-state index is 10.5. The number of aromatic nitrogens is 2. The monoisotopic (exact) mass is 226 g/mol. The van der Waals surface area contributed by atoms with Gasteiger partial charge in [0.25, 0.3) is 0 Å². The smallest absolute Gasteiger partial charge is 0.346 e. The van der Waals surface area contributed by atoms with Gasteiger partial charge in [-0.3, -0.25) is 10.3 Å². The van der Waals surface area contributed by atoms with Gasteiger partial charge in [-0.2, -0.15) is 0 Å². The summed E-state index contributed by atoms with van der Waals surface area (Å²) in [5, 5.41) is 9.79. The quantitative estimate of drug-likeness (QED) is 0.504. The first kappa shape index (κ1) is 13.4. The summed E-state index contributed by atoms with van der Waals surface area (Å²) in [5.41, 5.74) is 4.25. The van der Waals surface area contributed by atoms with Gasteiger partial charge in [-0.25, -0.2) is 19.4 Å². The lowest BCUT2D eigenvalue weighted by Crippen LogP contribution is -2.22. The second kappa shape index (κ2) is 6.76. The molecule has 8 nitrogen and oxygen atoms in total. The summed E-state index contributed by atoms with van der Waals surface area (Å²) in [7, 11) is 0. The maximum Gasteiger partial charge on any atom is 0.346 e. The second-order valence-electron chi connectivity index (χ2n) is 2.32. The van der Waals surface area contributed by atoms with Crippen LogP contribution in [0.1, 0.15) is 0 Å². The van der Waals surface area contributed by atoms with Gasteiger partial charge in [0.15, 0.2) is 0 Å². The third-order valence-electron chi connectivity index (χ3n) is 1.11. The largest absolute Gasteiger partial charge is 0.478 e. The van der Waals surface area contributed by atoms with E-state index in [1.54, 1.807) is 0 Å². The summed E-state index contributed by atoms with van der Waals surface area (Å²) in [6.45, 7) is 2.96. The Kier molecular flexibility index (Phi) is 5.65. The molecule has 0 aliphatic rings. The van der Waals surface area contributed by atoms with Gasteiger partial charge in [-0.15, -0.1) is 0 Å². The summed E-state index contributed by atoms with van der Waals surface area (Å²) >= 11 is 0. The predicted molar refractivity (Wildman–Crippen MR) is 55.9 cm³/mol. The van der Waals surface area contributed by atoms with E-state index in [2.05, 4.69) is 21.9 Å². The van der Waals surface area contributed by atoms with Crippen molar-refractivity contribution >= 4 is 17.8 Å². The summed E-state index contributed by atoms with van der Waals surface area (Å²) in [6, 6.07) is 0.693. The number of urea groups is 1. The lowest BCUT2D eigenvalue weighted by Gasteiger charge is -1.97. The zero-order chi connectivity index (χ0) is 12.6. The van der Waals surface area contributed by atoms with E-state index >= 15 is 0 Å². The minimum absolute atomic E-state index is 0.234. The number of carboxylic acid groups (broad SMARTS) is 1. The summed E-state index contributed by atoms with van der Waals surface area (Å²) in [4.78, 5) is 35.6. The molecule has 1 aromatic heterocycles. The fourth-order valence-electron chi connectivity index (χ4n) is 0.574. The number of carbonyl (C=O) groups is 2. The van der Waals surface area contributed by atoms with Gasteiger partial charge < -0.3 is 10.8 Å². The molecule has 2 amide bonds. The first-order chi connectivity index (χ1) is 7.45. The van der Waals surface area contributed by atoms with Gasteiger partial charge in [0, 0.05) is 12.3 Å². The lowest BCUT2D eigenvalue weighted by molar-refractivity contribution is -0.131. The van der Waals surface area contributed by atoms with Gasteiger partial charge in [0.2, 0.25) is 0 Å². The Hall–Kier alpha value is -2.64.